The van der Waals surface area contributed by atoms with Gasteiger partial charge in [-0.3, -0.25) is 0 Å². The summed E-state index contributed by atoms with van der Waals surface area (Å²) in [6.45, 7) is 8.79. The zero-order valence-electron chi connectivity index (χ0n) is 10.5. The molecule has 0 heterocycles. The van der Waals surface area contributed by atoms with Gasteiger partial charge in [-0.15, -0.1) is 0 Å². The van der Waals surface area contributed by atoms with E-state index in [0.717, 1.165) is 19.6 Å². The Hall–Kier alpha value is 0.0300. The minimum absolute atomic E-state index is 0.131. The average Bonchev–Trinajstić information content (AvgIpc) is 2.09. The molecule has 0 saturated carbocycles. The van der Waals surface area contributed by atoms with Crippen molar-refractivity contribution in [2.75, 3.05) is 32.9 Å². The lowest BCUT2D eigenvalue weighted by Gasteiger charge is -2.27. The second kappa shape index (κ2) is 6.58. The molecule has 0 aromatic heterocycles. The molecule has 0 aromatic carbocycles. The molecule has 15 heavy (non-hydrogen) atoms. The molecule has 0 saturated heterocycles. The summed E-state index contributed by atoms with van der Waals surface area (Å²) in [7, 11) is 0.969. The quantitative estimate of drug-likeness (QED) is 0.646. The molecular weight excluding hydrogens is 210 g/mol. The smallest absolute Gasteiger partial charge is 0.0908 e. The van der Waals surface area contributed by atoms with E-state index in [1.165, 1.54) is 0 Å². The molecule has 0 bridgehead atoms. The Morgan fingerprint density at radius 2 is 2.00 bits per heavy atom. The van der Waals surface area contributed by atoms with E-state index in [4.69, 9.17) is 5.73 Å². The Balaban J connectivity index is 3.59. The second-order valence-electron chi connectivity index (χ2n) is 4.95. The Morgan fingerprint density at radius 3 is 2.40 bits per heavy atom. The molecule has 0 rings (SSSR count). The predicted octanol–water partition coefficient (Wildman–Crippen LogP) is 0.175. The van der Waals surface area contributed by atoms with Crippen LogP contribution in [0.1, 0.15) is 20.8 Å². The van der Waals surface area contributed by atoms with Crippen LogP contribution in [-0.2, 0) is 11.0 Å². The average molecular weight is 235 g/mol. The summed E-state index contributed by atoms with van der Waals surface area (Å²) in [5.41, 5.74) is 6.12. The summed E-state index contributed by atoms with van der Waals surface area (Å²) in [6, 6.07) is 0.148. The molecule has 2 atom stereocenters. The molecule has 5 heteroatoms. The fourth-order valence-electron chi connectivity index (χ4n) is 0.929. The van der Waals surface area contributed by atoms with Gasteiger partial charge in [0, 0.05) is 31.9 Å². The van der Waals surface area contributed by atoms with Crippen LogP contribution < -0.4 is 11.1 Å². The van der Waals surface area contributed by atoms with E-state index >= 15 is 0 Å². The molecule has 92 valence electrons. The van der Waals surface area contributed by atoms with Crippen molar-refractivity contribution < 1.29 is 4.21 Å². The number of nitrogens with one attached hydrogen (secondary N) is 1. The minimum Gasteiger partial charge on any atom is -0.326 e. The van der Waals surface area contributed by atoms with Gasteiger partial charge in [0.15, 0.2) is 0 Å². The lowest BCUT2D eigenvalue weighted by Crippen LogP contribution is -2.45. The highest BCUT2D eigenvalue weighted by Crippen LogP contribution is 2.16. The van der Waals surface area contributed by atoms with E-state index in [1.54, 1.807) is 10.6 Å². The predicted molar refractivity (Wildman–Crippen MR) is 67.0 cm³/mol. The van der Waals surface area contributed by atoms with Crippen molar-refractivity contribution in [3.05, 3.63) is 0 Å². The van der Waals surface area contributed by atoms with Crippen molar-refractivity contribution in [1.29, 1.82) is 0 Å². The molecule has 0 amide bonds. The molecule has 0 radical (unpaired) electrons. The Kier molecular flexibility index (Phi) is 6.59. The first-order chi connectivity index (χ1) is 6.75. The summed E-state index contributed by atoms with van der Waals surface area (Å²) in [5.74, 6) is 0. The summed E-state index contributed by atoms with van der Waals surface area (Å²) in [6.07, 6.45) is 1.68. The molecule has 0 aromatic rings. The maximum atomic E-state index is 11.0. The van der Waals surface area contributed by atoms with E-state index in [-0.39, 0.29) is 11.5 Å². The maximum Gasteiger partial charge on any atom is 0.0908 e. The number of nitrogens with two attached hydrogens (primary N) is 1. The van der Waals surface area contributed by atoms with Crippen LogP contribution in [0.4, 0.5) is 0 Å². The summed E-state index contributed by atoms with van der Waals surface area (Å²) in [4.78, 5) is 0. The molecule has 1 unspecified atom stereocenters. The van der Waals surface area contributed by atoms with Gasteiger partial charge in [0.2, 0.25) is 0 Å². The number of rotatable bonds is 6. The standard InChI is InChI=1S/C10H25N3OS/c1-10(2,3)9(11)8-12-6-7-13(4)15(5)14/h9,12H,6-8,11H2,1-5H3/t9-,15?/m1/s1. The fourth-order valence-corrected chi connectivity index (χ4v) is 1.28. The molecule has 0 spiro atoms. The zero-order chi connectivity index (χ0) is 12.1. The molecule has 0 aliphatic carbocycles. The topological polar surface area (TPSA) is 58.4 Å². The largest absolute Gasteiger partial charge is 0.326 e. The molecule has 0 fully saturated rings. The minimum atomic E-state index is -0.879. The first-order valence-electron chi connectivity index (χ1n) is 5.26. The highest BCUT2D eigenvalue weighted by atomic mass is 32.2. The highest BCUT2D eigenvalue weighted by Gasteiger charge is 2.19. The Morgan fingerprint density at radius 1 is 1.47 bits per heavy atom. The van der Waals surface area contributed by atoms with E-state index in [2.05, 4.69) is 26.1 Å². The van der Waals surface area contributed by atoms with Crippen molar-refractivity contribution in [2.45, 2.75) is 26.8 Å². The SMILES string of the molecule is CN(CCNC[C@@H](N)C(C)(C)C)S(C)=O. The molecule has 3 N–H and O–H groups in total. The van der Waals surface area contributed by atoms with Crippen molar-refractivity contribution in [3.8, 4) is 0 Å². The van der Waals surface area contributed by atoms with Gasteiger partial charge in [0.05, 0.1) is 11.0 Å². The van der Waals surface area contributed by atoms with Gasteiger partial charge in [-0.1, -0.05) is 20.8 Å². The maximum absolute atomic E-state index is 11.0. The first kappa shape index (κ1) is 15.0. The number of hydrogen-bond donors (Lipinski definition) is 2. The van der Waals surface area contributed by atoms with Crippen LogP contribution >= 0.6 is 0 Å². The third-order valence-electron chi connectivity index (χ3n) is 2.52. The summed E-state index contributed by atoms with van der Waals surface area (Å²) < 4.78 is 12.8. The zero-order valence-corrected chi connectivity index (χ0v) is 11.4. The lowest BCUT2D eigenvalue weighted by molar-refractivity contribution is 0.308. The third-order valence-corrected chi connectivity index (χ3v) is 3.58. The van der Waals surface area contributed by atoms with Gasteiger partial charge in [0.1, 0.15) is 0 Å². The summed E-state index contributed by atoms with van der Waals surface area (Å²) >= 11 is 0. The second-order valence-corrected chi connectivity index (χ2v) is 6.42. The van der Waals surface area contributed by atoms with Gasteiger partial charge in [-0.2, -0.15) is 0 Å². The third kappa shape index (κ3) is 7.00. The lowest BCUT2D eigenvalue weighted by atomic mass is 9.87. The molecule has 0 aliphatic heterocycles. The fraction of sp³-hybridized carbons (Fsp3) is 1.00. The van der Waals surface area contributed by atoms with E-state index in [9.17, 15) is 4.21 Å². The van der Waals surface area contributed by atoms with Crippen molar-refractivity contribution in [3.63, 3.8) is 0 Å². The Bertz CT molecular complexity index is 203. The first-order valence-corrected chi connectivity index (χ1v) is 6.77. The monoisotopic (exact) mass is 235 g/mol. The number of hydrogen-bond acceptors (Lipinski definition) is 3. The van der Waals surface area contributed by atoms with E-state index in [0.29, 0.717) is 0 Å². The van der Waals surface area contributed by atoms with Crippen LogP contribution in [0, 0.1) is 5.41 Å². The van der Waals surface area contributed by atoms with Gasteiger partial charge in [-0.05, 0) is 12.5 Å². The van der Waals surface area contributed by atoms with Crippen LogP contribution in [-0.4, -0.2) is 47.5 Å². The Labute approximate surface area is 96.2 Å². The van der Waals surface area contributed by atoms with Crippen LogP contribution in [0.25, 0.3) is 0 Å². The summed E-state index contributed by atoms with van der Waals surface area (Å²) in [5, 5.41) is 3.28. The molecule has 0 aliphatic rings. The molecular formula is C10H25N3OS. The van der Waals surface area contributed by atoms with Crippen LogP contribution in [0.2, 0.25) is 0 Å². The van der Waals surface area contributed by atoms with Crippen LogP contribution in [0.5, 0.6) is 0 Å². The van der Waals surface area contributed by atoms with Gasteiger partial charge in [-0.25, -0.2) is 8.51 Å². The van der Waals surface area contributed by atoms with Crippen molar-refractivity contribution in [2.24, 2.45) is 11.1 Å². The van der Waals surface area contributed by atoms with E-state index in [1.807, 2.05) is 7.05 Å². The highest BCUT2D eigenvalue weighted by molar-refractivity contribution is 7.81. The van der Waals surface area contributed by atoms with Crippen molar-refractivity contribution >= 4 is 11.0 Å². The number of likely N-dealkylation sites (N-methyl/N-ethyl adjacent to an activating group) is 1. The normalized spacial score (nSPS) is 16.7. The van der Waals surface area contributed by atoms with Crippen molar-refractivity contribution in [1.82, 2.24) is 9.62 Å². The van der Waals surface area contributed by atoms with Gasteiger partial charge >= 0.3 is 0 Å². The van der Waals surface area contributed by atoms with Crippen LogP contribution in [0.3, 0.4) is 0 Å². The van der Waals surface area contributed by atoms with Gasteiger partial charge in [0.25, 0.3) is 0 Å². The van der Waals surface area contributed by atoms with E-state index < -0.39 is 11.0 Å². The van der Waals surface area contributed by atoms with Crippen LogP contribution in [0.15, 0.2) is 0 Å². The van der Waals surface area contributed by atoms with Gasteiger partial charge < -0.3 is 11.1 Å². The number of nitrogens with zero attached hydrogens (tertiary/aromatic N) is 1. The molecule has 4 nitrogen and oxygen atoms in total.